The van der Waals surface area contributed by atoms with Crippen LogP contribution in [0.5, 0.6) is 0 Å². The molecular formula is C13H31O4Ti. The predicted octanol–water partition coefficient (Wildman–Crippen LogP) is 4.08. The van der Waals surface area contributed by atoms with Gasteiger partial charge < -0.3 is 0 Å². The third-order valence-corrected chi connectivity index (χ3v) is 8.21. The van der Waals surface area contributed by atoms with Crippen molar-refractivity contribution >= 4 is 0 Å². The van der Waals surface area contributed by atoms with Crippen molar-refractivity contribution in [3.05, 3.63) is 0 Å². The van der Waals surface area contributed by atoms with Crippen molar-refractivity contribution in [2.45, 2.75) is 85.0 Å². The van der Waals surface area contributed by atoms with E-state index in [0.717, 1.165) is 0 Å². The van der Waals surface area contributed by atoms with E-state index < -0.39 is 16.9 Å². The standard InChI is InChI=1S/4C3H7O.CH3.Ti/c4*1-3(2)4;;/h4*3H,1-2H3;1H3;/q4*-1;;+4. The quantitative estimate of drug-likeness (QED) is 0.633. The zero-order valence-corrected chi connectivity index (χ0v) is 15.0. The summed E-state index contributed by atoms with van der Waals surface area (Å²) in [7, 11) is 0. The fourth-order valence-electron chi connectivity index (χ4n) is 2.26. The molecule has 18 heavy (non-hydrogen) atoms. The molecule has 0 rings (SSSR count). The van der Waals surface area contributed by atoms with Crippen molar-refractivity contribution in [1.29, 1.82) is 0 Å². The number of rotatable bonds is 8. The van der Waals surface area contributed by atoms with Gasteiger partial charge in [-0.3, -0.25) is 0 Å². The van der Waals surface area contributed by atoms with Crippen LogP contribution in [-0.4, -0.2) is 24.4 Å². The van der Waals surface area contributed by atoms with E-state index in [4.69, 9.17) is 13.3 Å². The molecular weight excluding hydrogens is 268 g/mol. The van der Waals surface area contributed by atoms with Gasteiger partial charge in [0, 0.05) is 0 Å². The Morgan fingerprint density at radius 2 is 0.667 bits per heavy atom. The molecule has 0 aliphatic rings. The molecule has 111 valence electrons. The SMILES string of the molecule is CC(C)[O][Ti]([CH3])([O]C(C)C)([O]C(C)C)[O]C(C)C. The van der Waals surface area contributed by atoms with Gasteiger partial charge in [0.2, 0.25) is 0 Å². The Morgan fingerprint density at radius 3 is 0.778 bits per heavy atom. The Hall–Kier alpha value is 0.554. The summed E-state index contributed by atoms with van der Waals surface area (Å²) in [5.41, 5.74) is 0. The van der Waals surface area contributed by atoms with Gasteiger partial charge in [0.05, 0.1) is 0 Å². The summed E-state index contributed by atoms with van der Waals surface area (Å²) in [5.74, 6) is 0. The van der Waals surface area contributed by atoms with Crippen LogP contribution in [0.3, 0.4) is 0 Å². The van der Waals surface area contributed by atoms with Crippen LogP contribution in [0.4, 0.5) is 0 Å². The summed E-state index contributed by atoms with van der Waals surface area (Å²) < 4.78 is 24.3. The maximum atomic E-state index is 6.08. The fraction of sp³-hybridized carbons (Fsp3) is 1.00. The molecule has 0 aliphatic carbocycles. The van der Waals surface area contributed by atoms with Crippen molar-refractivity contribution in [3.63, 3.8) is 0 Å². The summed E-state index contributed by atoms with van der Waals surface area (Å²) in [6.45, 7) is 15.8. The molecule has 0 atom stereocenters. The molecule has 0 aromatic carbocycles. The molecule has 5 heteroatoms. The Bertz CT molecular complexity index is 200. The van der Waals surface area contributed by atoms with E-state index in [1.807, 2.05) is 60.6 Å². The second-order valence-electron chi connectivity index (χ2n) is 5.98. The molecule has 4 nitrogen and oxygen atoms in total. The molecule has 0 fully saturated rings. The average Bonchev–Trinajstić information content (AvgIpc) is 1.92. The van der Waals surface area contributed by atoms with Crippen molar-refractivity contribution in [2.75, 3.05) is 0 Å². The van der Waals surface area contributed by atoms with Crippen LogP contribution in [0.1, 0.15) is 55.4 Å². The van der Waals surface area contributed by atoms with Crippen LogP contribution < -0.4 is 0 Å². The summed E-state index contributed by atoms with van der Waals surface area (Å²) in [6.07, 6.45) is 0.0120. The zero-order chi connectivity index (χ0) is 14.6. The van der Waals surface area contributed by atoms with Crippen LogP contribution >= 0.6 is 0 Å². The molecule has 0 spiro atoms. The molecule has 0 aliphatic heterocycles. The average molecular weight is 299 g/mol. The minimum atomic E-state index is -4.31. The van der Waals surface area contributed by atoms with Crippen molar-refractivity contribution in [2.24, 2.45) is 0 Å². The minimum absolute atomic E-state index is 0.00301. The molecule has 0 aromatic rings. The van der Waals surface area contributed by atoms with Gasteiger partial charge in [-0.1, -0.05) is 0 Å². The first-order valence-electron chi connectivity index (χ1n) is 6.88. The van der Waals surface area contributed by atoms with E-state index in [0.29, 0.717) is 0 Å². The first kappa shape index (κ1) is 18.6. The molecule has 0 unspecified atom stereocenters. The van der Waals surface area contributed by atoms with Crippen molar-refractivity contribution in [1.82, 2.24) is 0 Å². The van der Waals surface area contributed by atoms with Crippen LogP contribution in [0.2, 0.25) is 5.23 Å². The second kappa shape index (κ2) is 6.82. The van der Waals surface area contributed by atoms with Gasteiger partial charge in [-0.2, -0.15) is 0 Å². The molecule has 0 radical (unpaired) electrons. The van der Waals surface area contributed by atoms with Gasteiger partial charge in [0.1, 0.15) is 0 Å². The van der Waals surface area contributed by atoms with Crippen LogP contribution in [-0.2, 0) is 30.1 Å². The third kappa shape index (κ3) is 6.64. The van der Waals surface area contributed by atoms with Gasteiger partial charge in [-0.05, 0) is 0 Å². The number of hydrogen-bond acceptors (Lipinski definition) is 4. The Labute approximate surface area is 115 Å². The summed E-state index contributed by atoms with van der Waals surface area (Å²) in [6, 6.07) is 0. The monoisotopic (exact) mass is 299 g/mol. The van der Waals surface area contributed by atoms with Crippen molar-refractivity contribution in [3.8, 4) is 0 Å². The molecule has 0 saturated carbocycles. The van der Waals surface area contributed by atoms with Gasteiger partial charge in [0.25, 0.3) is 0 Å². The normalized spacial score (nSPS) is 15.7. The molecule has 0 saturated heterocycles. The van der Waals surface area contributed by atoms with E-state index in [1.165, 1.54) is 0 Å². The van der Waals surface area contributed by atoms with Crippen LogP contribution in [0.15, 0.2) is 0 Å². The van der Waals surface area contributed by atoms with Gasteiger partial charge in [0.15, 0.2) is 0 Å². The van der Waals surface area contributed by atoms with Crippen LogP contribution in [0.25, 0.3) is 0 Å². The maximum absolute atomic E-state index is 6.08. The first-order chi connectivity index (χ1) is 7.96. The fourth-order valence-corrected chi connectivity index (χ4v) is 9.34. The van der Waals surface area contributed by atoms with Gasteiger partial charge in [-0.25, -0.2) is 0 Å². The van der Waals surface area contributed by atoms with E-state index >= 15 is 0 Å². The summed E-state index contributed by atoms with van der Waals surface area (Å²) in [4.78, 5) is 0. The van der Waals surface area contributed by atoms with E-state index in [9.17, 15) is 0 Å². The molecule has 0 amide bonds. The number of hydrogen-bond donors (Lipinski definition) is 0. The van der Waals surface area contributed by atoms with E-state index in [-0.39, 0.29) is 24.4 Å². The Balaban J connectivity index is 5.35. The molecule has 0 bridgehead atoms. The van der Waals surface area contributed by atoms with E-state index in [1.54, 1.807) is 0 Å². The molecule has 0 aromatic heterocycles. The Morgan fingerprint density at radius 1 is 0.500 bits per heavy atom. The second-order valence-corrected chi connectivity index (χ2v) is 11.6. The van der Waals surface area contributed by atoms with Gasteiger partial charge >= 0.3 is 115 Å². The predicted molar refractivity (Wildman–Crippen MR) is 70.7 cm³/mol. The van der Waals surface area contributed by atoms with Gasteiger partial charge in [-0.15, -0.1) is 0 Å². The summed E-state index contributed by atoms with van der Waals surface area (Å²) in [5, 5.41) is 1.90. The van der Waals surface area contributed by atoms with E-state index in [2.05, 4.69) is 0 Å². The van der Waals surface area contributed by atoms with Crippen LogP contribution in [0, 0.1) is 0 Å². The third-order valence-electron chi connectivity index (χ3n) is 1.99. The topological polar surface area (TPSA) is 36.9 Å². The first-order valence-corrected chi connectivity index (χ1v) is 11.0. The van der Waals surface area contributed by atoms with Crippen molar-refractivity contribution < 1.29 is 30.1 Å². The Kier molecular flexibility index (Phi) is 7.03. The molecule has 0 N–H and O–H groups in total. The zero-order valence-electron chi connectivity index (χ0n) is 13.4. The summed E-state index contributed by atoms with van der Waals surface area (Å²) >= 11 is -4.31. The molecule has 0 heterocycles.